The van der Waals surface area contributed by atoms with Gasteiger partial charge in [0.1, 0.15) is 5.75 Å². The number of amidine groups is 1. The molecule has 0 bridgehead atoms. The predicted octanol–water partition coefficient (Wildman–Crippen LogP) is 3.55. The van der Waals surface area contributed by atoms with Crippen LogP contribution in [-0.4, -0.2) is 47.9 Å². The summed E-state index contributed by atoms with van der Waals surface area (Å²) in [6, 6.07) is 7.78. The lowest BCUT2D eigenvalue weighted by molar-refractivity contribution is -0.113. The molecule has 25 heavy (non-hydrogen) atoms. The van der Waals surface area contributed by atoms with Crippen LogP contribution < -0.4 is 4.74 Å². The van der Waals surface area contributed by atoms with Crippen LogP contribution in [0, 0.1) is 0 Å². The van der Waals surface area contributed by atoms with Gasteiger partial charge in [0.15, 0.2) is 5.17 Å². The van der Waals surface area contributed by atoms with E-state index < -0.39 is 0 Å². The molecule has 0 N–H and O–H groups in total. The highest BCUT2D eigenvalue weighted by atomic mass is 32.2. The van der Waals surface area contributed by atoms with Gasteiger partial charge in [-0.05, 0) is 55.8 Å². The fraction of sp³-hybridized carbons (Fsp3) is 0.474. The van der Waals surface area contributed by atoms with E-state index in [4.69, 9.17) is 9.47 Å². The van der Waals surface area contributed by atoms with Crippen LogP contribution in [0.5, 0.6) is 5.75 Å². The Labute approximate surface area is 153 Å². The van der Waals surface area contributed by atoms with Crippen molar-refractivity contribution < 1.29 is 14.3 Å². The fourth-order valence-electron chi connectivity index (χ4n) is 2.90. The second-order valence-electron chi connectivity index (χ2n) is 6.39. The van der Waals surface area contributed by atoms with Crippen LogP contribution in [0.25, 0.3) is 6.08 Å². The van der Waals surface area contributed by atoms with E-state index in [9.17, 15) is 4.79 Å². The van der Waals surface area contributed by atoms with E-state index in [2.05, 4.69) is 16.8 Å². The van der Waals surface area contributed by atoms with Crippen LogP contribution in [0.15, 0.2) is 34.2 Å². The average Bonchev–Trinajstić information content (AvgIpc) is 2.94. The van der Waals surface area contributed by atoms with Crippen molar-refractivity contribution in [2.75, 3.05) is 19.7 Å². The molecular weight excluding hydrogens is 336 g/mol. The molecule has 1 aromatic carbocycles. The van der Waals surface area contributed by atoms with Gasteiger partial charge in [-0.15, -0.1) is 0 Å². The molecule has 1 saturated heterocycles. The zero-order chi connectivity index (χ0) is 17.8. The maximum absolute atomic E-state index is 12.2. The molecule has 0 aromatic heterocycles. The Morgan fingerprint density at radius 2 is 1.96 bits per heavy atom. The molecule has 1 amide bonds. The van der Waals surface area contributed by atoms with Crippen molar-refractivity contribution in [3.8, 4) is 5.75 Å². The topological polar surface area (TPSA) is 51.1 Å². The molecule has 0 unspecified atom stereocenters. The van der Waals surface area contributed by atoms with E-state index in [1.165, 1.54) is 11.8 Å². The molecule has 1 fully saturated rings. The Morgan fingerprint density at radius 1 is 1.28 bits per heavy atom. The molecule has 2 aliphatic rings. The first-order chi connectivity index (χ1) is 12.0. The summed E-state index contributed by atoms with van der Waals surface area (Å²) in [4.78, 5) is 19.3. The maximum atomic E-state index is 12.2. The number of hydrogen-bond acceptors (Lipinski definition) is 5. The SMILES string of the molecule is CCCOc1ccc(/C=C2/SC(N3C[C@H](C)O[C@@H](C)C3)=NC2=O)cc1. The van der Waals surface area contributed by atoms with Crippen LogP contribution >= 0.6 is 11.8 Å². The number of morpholine rings is 1. The van der Waals surface area contributed by atoms with E-state index in [-0.39, 0.29) is 18.1 Å². The Hall–Kier alpha value is -1.79. The van der Waals surface area contributed by atoms with Gasteiger partial charge in [0, 0.05) is 13.1 Å². The highest BCUT2D eigenvalue weighted by Crippen LogP contribution is 2.31. The molecule has 134 valence electrons. The van der Waals surface area contributed by atoms with Gasteiger partial charge < -0.3 is 14.4 Å². The number of benzene rings is 1. The summed E-state index contributed by atoms with van der Waals surface area (Å²) in [7, 11) is 0. The van der Waals surface area contributed by atoms with Gasteiger partial charge in [-0.1, -0.05) is 19.1 Å². The summed E-state index contributed by atoms with van der Waals surface area (Å²) in [5.74, 6) is 0.681. The lowest BCUT2D eigenvalue weighted by Gasteiger charge is -2.35. The fourth-order valence-corrected chi connectivity index (χ4v) is 3.83. The number of rotatable bonds is 4. The van der Waals surface area contributed by atoms with Gasteiger partial charge in [0.05, 0.1) is 23.7 Å². The lowest BCUT2D eigenvalue weighted by Crippen LogP contribution is -2.47. The third-order valence-corrected chi connectivity index (χ3v) is 4.99. The second-order valence-corrected chi connectivity index (χ2v) is 7.40. The number of carbonyl (C=O) groups is 1. The summed E-state index contributed by atoms with van der Waals surface area (Å²) in [5.41, 5.74) is 0.972. The summed E-state index contributed by atoms with van der Waals surface area (Å²) >= 11 is 1.44. The third-order valence-electron chi connectivity index (χ3n) is 3.95. The monoisotopic (exact) mass is 360 g/mol. The van der Waals surface area contributed by atoms with Crippen LogP contribution in [-0.2, 0) is 9.53 Å². The highest BCUT2D eigenvalue weighted by molar-refractivity contribution is 8.18. The molecule has 3 rings (SSSR count). The smallest absolute Gasteiger partial charge is 0.286 e. The molecule has 0 radical (unpaired) electrons. The molecular formula is C19H24N2O3S. The molecule has 0 saturated carbocycles. The first-order valence-corrected chi connectivity index (χ1v) is 9.52. The number of thioether (sulfide) groups is 1. The van der Waals surface area contributed by atoms with Crippen molar-refractivity contribution in [1.82, 2.24) is 4.90 Å². The summed E-state index contributed by atoms with van der Waals surface area (Å²) in [5, 5.41) is 0.779. The number of hydrogen-bond donors (Lipinski definition) is 0. The first kappa shape index (κ1) is 18.0. The maximum Gasteiger partial charge on any atom is 0.286 e. The lowest BCUT2D eigenvalue weighted by atomic mass is 10.2. The number of nitrogens with zero attached hydrogens (tertiary/aromatic N) is 2. The highest BCUT2D eigenvalue weighted by Gasteiger charge is 2.30. The van der Waals surface area contributed by atoms with Crippen LogP contribution in [0.3, 0.4) is 0 Å². The van der Waals surface area contributed by atoms with E-state index in [0.29, 0.717) is 11.5 Å². The van der Waals surface area contributed by atoms with Gasteiger partial charge in [-0.25, -0.2) is 0 Å². The Morgan fingerprint density at radius 3 is 2.60 bits per heavy atom. The molecule has 0 aliphatic carbocycles. The average molecular weight is 360 g/mol. The minimum absolute atomic E-state index is 0.144. The van der Waals surface area contributed by atoms with Gasteiger partial charge in [0.25, 0.3) is 5.91 Å². The van der Waals surface area contributed by atoms with Crippen LogP contribution in [0.1, 0.15) is 32.8 Å². The number of amides is 1. The van der Waals surface area contributed by atoms with E-state index in [1.54, 1.807) is 0 Å². The van der Waals surface area contributed by atoms with Crippen molar-refractivity contribution in [2.45, 2.75) is 39.4 Å². The first-order valence-electron chi connectivity index (χ1n) is 8.71. The molecule has 2 aliphatic heterocycles. The van der Waals surface area contributed by atoms with E-state index in [1.807, 2.05) is 44.2 Å². The van der Waals surface area contributed by atoms with Crippen molar-refractivity contribution in [3.63, 3.8) is 0 Å². The quantitative estimate of drug-likeness (QED) is 0.769. The Balaban J connectivity index is 1.66. The summed E-state index contributed by atoms with van der Waals surface area (Å²) in [6.45, 7) is 8.41. The molecule has 6 heteroatoms. The number of ether oxygens (including phenoxy) is 2. The minimum Gasteiger partial charge on any atom is -0.494 e. The summed E-state index contributed by atoms with van der Waals surface area (Å²) in [6.07, 6.45) is 3.16. The van der Waals surface area contributed by atoms with E-state index >= 15 is 0 Å². The number of aliphatic imine (C=N–C) groups is 1. The van der Waals surface area contributed by atoms with Gasteiger partial charge in [-0.3, -0.25) is 4.79 Å². The molecule has 5 nitrogen and oxygen atoms in total. The van der Waals surface area contributed by atoms with Crippen molar-refractivity contribution in [2.24, 2.45) is 4.99 Å². The second kappa shape index (κ2) is 8.06. The number of carbonyl (C=O) groups excluding carboxylic acids is 1. The third kappa shape index (κ3) is 4.64. The standard InChI is InChI=1S/C19H24N2O3S/c1-4-9-23-16-7-5-15(6-8-16)10-17-18(22)20-19(25-17)21-11-13(2)24-14(3)12-21/h5-8,10,13-14H,4,9,11-12H2,1-3H3/b17-10+/t13-,14-/m0/s1. The molecule has 1 aromatic rings. The zero-order valence-electron chi connectivity index (χ0n) is 14.9. The summed E-state index contributed by atoms with van der Waals surface area (Å²) < 4.78 is 11.3. The normalized spacial score (nSPS) is 25.4. The van der Waals surface area contributed by atoms with Gasteiger partial charge in [0.2, 0.25) is 0 Å². The van der Waals surface area contributed by atoms with Gasteiger partial charge in [-0.2, -0.15) is 4.99 Å². The van der Waals surface area contributed by atoms with Crippen LogP contribution in [0.2, 0.25) is 0 Å². The molecule has 2 heterocycles. The van der Waals surface area contributed by atoms with Crippen molar-refractivity contribution in [1.29, 1.82) is 0 Å². The Kier molecular flexibility index (Phi) is 5.81. The van der Waals surface area contributed by atoms with Crippen molar-refractivity contribution in [3.05, 3.63) is 34.7 Å². The minimum atomic E-state index is -0.168. The zero-order valence-corrected chi connectivity index (χ0v) is 15.7. The predicted molar refractivity (Wildman–Crippen MR) is 102 cm³/mol. The van der Waals surface area contributed by atoms with Gasteiger partial charge >= 0.3 is 0 Å². The van der Waals surface area contributed by atoms with Crippen molar-refractivity contribution >= 4 is 28.9 Å². The largest absolute Gasteiger partial charge is 0.494 e. The molecule has 2 atom stereocenters. The Bertz CT molecular complexity index is 674. The van der Waals surface area contributed by atoms with E-state index in [0.717, 1.165) is 36.0 Å². The molecule has 0 spiro atoms. The van der Waals surface area contributed by atoms with Crippen LogP contribution in [0.4, 0.5) is 0 Å².